The molecule has 0 aliphatic carbocycles. The van der Waals surface area contributed by atoms with E-state index in [0.717, 1.165) is 44.7 Å². The standard InChI is InChI=1S/C29H17BN2O2S/c1-2-8-18(9-3-1)22-16-25-29-27(14-15-35-29)34-30-31(25)24(22)17-23-19-10-4-5-11-20(19)28(32(23)30)21-12-6-7-13-26(21)33-30/h1-17H. The van der Waals surface area contributed by atoms with E-state index in [1.165, 1.54) is 22.3 Å². The van der Waals surface area contributed by atoms with E-state index in [1.807, 2.05) is 6.07 Å². The Balaban J connectivity index is 1.48. The van der Waals surface area contributed by atoms with Gasteiger partial charge in [0.2, 0.25) is 0 Å². The van der Waals surface area contributed by atoms with Gasteiger partial charge >= 0.3 is 6.82 Å². The van der Waals surface area contributed by atoms with Gasteiger partial charge in [-0.05, 0) is 47.3 Å². The molecule has 0 fully saturated rings. The second kappa shape index (κ2) is 6.04. The Bertz CT molecular complexity index is 1810. The first-order valence-electron chi connectivity index (χ1n) is 11.8. The molecule has 5 aromatic rings. The zero-order valence-electron chi connectivity index (χ0n) is 18.5. The van der Waals surface area contributed by atoms with Crippen molar-refractivity contribution in [2.24, 2.45) is 0 Å². The third kappa shape index (κ3) is 2.04. The normalized spacial score (nSPS) is 19.5. The van der Waals surface area contributed by atoms with E-state index in [2.05, 4.69) is 105 Å². The van der Waals surface area contributed by atoms with Crippen LogP contribution in [0.1, 0.15) is 22.4 Å². The summed E-state index contributed by atoms with van der Waals surface area (Å²) in [6, 6.07) is 31.9. The summed E-state index contributed by atoms with van der Waals surface area (Å²) in [5.74, 6) is 1.73. The molecule has 1 unspecified atom stereocenters. The molecule has 4 aliphatic rings. The van der Waals surface area contributed by atoms with Crippen LogP contribution in [0.25, 0.3) is 33.5 Å². The summed E-state index contributed by atoms with van der Waals surface area (Å²) in [7, 11) is 0. The summed E-state index contributed by atoms with van der Waals surface area (Å²) >= 11 is 1.71. The maximum absolute atomic E-state index is 6.99. The minimum Gasteiger partial charge on any atom is -0.601 e. The predicted octanol–water partition coefficient (Wildman–Crippen LogP) is 6.33. The molecule has 0 amide bonds. The molecule has 4 aliphatic heterocycles. The minimum absolute atomic E-state index is 0.849. The van der Waals surface area contributed by atoms with Gasteiger partial charge in [-0.1, -0.05) is 54.6 Å². The Morgan fingerprint density at radius 1 is 0.714 bits per heavy atom. The highest BCUT2D eigenvalue weighted by Gasteiger charge is 2.64. The lowest BCUT2D eigenvalue weighted by molar-refractivity contribution is -0.330. The van der Waals surface area contributed by atoms with Gasteiger partial charge in [-0.3, -0.25) is 0 Å². The molecule has 6 heteroatoms. The molecule has 1 spiro atoms. The monoisotopic (exact) mass is 468 g/mol. The highest BCUT2D eigenvalue weighted by molar-refractivity contribution is 7.14. The molecule has 0 bridgehead atoms. The van der Waals surface area contributed by atoms with Gasteiger partial charge in [-0.25, -0.2) is 0 Å². The molecule has 0 radical (unpaired) electrons. The molecule has 1 atom stereocenters. The highest BCUT2D eigenvalue weighted by Crippen LogP contribution is 2.53. The van der Waals surface area contributed by atoms with Crippen LogP contribution in [0.3, 0.4) is 0 Å². The van der Waals surface area contributed by atoms with Crippen molar-refractivity contribution in [3.05, 3.63) is 119 Å². The van der Waals surface area contributed by atoms with E-state index in [1.54, 1.807) is 11.3 Å². The van der Waals surface area contributed by atoms with E-state index >= 15 is 0 Å². The number of hydrogen-bond acceptors (Lipinski definition) is 3. The van der Waals surface area contributed by atoms with E-state index in [9.17, 15) is 0 Å². The predicted molar refractivity (Wildman–Crippen MR) is 140 cm³/mol. The van der Waals surface area contributed by atoms with E-state index in [4.69, 9.17) is 9.31 Å². The summed E-state index contributed by atoms with van der Waals surface area (Å²) in [4.78, 5) is 1.14. The topological polar surface area (TPSA) is 26.4 Å². The van der Waals surface area contributed by atoms with Crippen LogP contribution in [-0.2, 0) is 0 Å². The number of rotatable bonds is 1. The van der Waals surface area contributed by atoms with Crippen molar-refractivity contribution in [2.75, 3.05) is 0 Å². The Labute approximate surface area is 205 Å². The van der Waals surface area contributed by atoms with Crippen molar-refractivity contribution in [3.8, 4) is 33.2 Å². The van der Waals surface area contributed by atoms with Gasteiger partial charge in [-0.2, -0.15) is 0 Å². The summed E-state index contributed by atoms with van der Waals surface area (Å²) < 4.78 is 18.6. The SMILES string of the molecule is C1=C2c3ccccc3C3=[N+]2[B-]2(Oc4ccccc43)Oc3ccsc3-c3cc(-c4ccccc4)c1n32. The average Bonchev–Trinajstić information content (AvgIpc) is 3.61. The molecule has 0 saturated heterocycles. The summed E-state index contributed by atoms with van der Waals surface area (Å²) in [5.41, 5.74) is 10.4. The molecule has 4 nitrogen and oxygen atoms in total. The van der Waals surface area contributed by atoms with Gasteiger partial charge in [0.25, 0.3) is 0 Å². The zero-order chi connectivity index (χ0) is 22.7. The van der Waals surface area contributed by atoms with Gasteiger partial charge in [0.05, 0.1) is 33.1 Å². The first-order chi connectivity index (χ1) is 17.3. The lowest BCUT2D eigenvalue weighted by Crippen LogP contribution is -2.68. The van der Waals surface area contributed by atoms with Crippen molar-refractivity contribution in [1.29, 1.82) is 0 Å². The molecule has 0 N–H and O–H groups in total. The molecule has 9 rings (SSSR count). The van der Waals surface area contributed by atoms with E-state index < -0.39 is 6.82 Å². The lowest BCUT2D eigenvalue weighted by Gasteiger charge is -2.46. The fourth-order valence-electron chi connectivity index (χ4n) is 6.27. The van der Waals surface area contributed by atoms with Crippen molar-refractivity contribution in [3.63, 3.8) is 0 Å². The Hall–Kier alpha value is -4.29. The molecular weight excluding hydrogens is 451 g/mol. The number of benzene rings is 3. The van der Waals surface area contributed by atoms with Crippen LogP contribution in [0.2, 0.25) is 0 Å². The van der Waals surface area contributed by atoms with Crippen molar-refractivity contribution < 1.29 is 13.8 Å². The van der Waals surface area contributed by atoms with Gasteiger partial charge < -0.3 is 18.3 Å². The second-order valence-corrected chi connectivity index (χ2v) is 10.3. The van der Waals surface area contributed by atoms with Crippen molar-refractivity contribution in [1.82, 2.24) is 4.48 Å². The minimum atomic E-state index is -2.11. The fourth-order valence-corrected chi connectivity index (χ4v) is 7.11. The molecule has 0 saturated carbocycles. The molecule has 6 heterocycles. The Morgan fingerprint density at radius 2 is 1.46 bits per heavy atom. The van der Waals surface area contributed by atoms with E-state index in [-0.39, 0.29) is 0 Å². The quantitative estimate of drug-likeness (QED) is 0.269. The molecular formula is C29H17BN2O2S. The van der Waals surface area contributed by atoms with Gasteiger partial charge in [0.1, 0.15) is 0 Å². The maximum atomic E-state index is 6.99. The maximum Gasteiger partial charge on any atom is 0.780 e. The van der Waals surface area contributed by atoms with Crippen LogP contribution in [0, 0.1) is 0 Å². The summed E-state index contributed by atoms with van der Waals surface area (Å²) in [6.45, 7) is -2.11. The average molecular weight is 468 g/mol. The van der Waals surface area contributed by atoms with Crippen LogP contribution in [0.15, 0.2) is 96.4 Å². The smallest absolute Gasteiger partial charge is 0.601 e. The van der Waals surface area contributed by atoms with Gasteiger partial charge in [0, 0.05) is 23.0 Å². The number of aromatic nitrogens is 1. The third-order valence-electron chi connectivity index (χ3n) is 7.61. The number of para-hydroxylation sites is 1. The number of fused-ring (bicyclic) bond motifs is 7. The molecule has 2 aromatic heterocycles. The summed E-state index contributed by atoms with van der Waals surface area (Å²) in [5, 5.41) is 2.10. The van der Waals surface area contributed by atoms with Gasteiger partial charge in [-0.15, -0.1) is 11.3 Å². The first-order valence-corrected chi connectivity index (χ1v) is 12.7. The van der Waals surface area contributed by atoms with Crippen LogP contribution in [0.5, 0.6) is 11.5 Å². The fraction of sp³-hybridized carbons (Fsp3) is 0. The number of hydrogen-bond donors (Lipinski definition) is 0. The first kappa shape index (κ1) is 18.1. The van der Waals surface area contributed by atoms with Crippen LogP contribution in [0.4, 0.5) is 0 Å². The summed E-state index contributed by atoms with van der Waals surface area (Å²) in [6.07, 6.45) is 2.32. The second-order valence-electron chi connectivity index (χ2n) is 9.34. The van der Waals surface area contributed by atoms with Crippen molar-refractivity contribution in [2.45, 2.75) is 0 Å². The third-order valence-corrected chi connectivity index (χ3v) is 8.53. The van der Waals surface area contributed by atoms with Gasteiger partial charge in [0.15, 0.2) is 11.4 Å². The number of nitrogens with zero attached hydrogens (tertiary/aromatic N) is 2. The van der Waals surface area contributed by atoms with E-state index in [0.29, 0.717) is 0 Å². The Kier molecular flexibility index (Phi) is 3.12. The molecule has 35 heavy (non-hydrogen) atoms. The zero-order valence-corrected chi connectivity index (χ0v) is 19.3. The Morgan fingerprint density at radius 3 is 2.34 bits per heavy atom. The largest absolute Gasteiger partial charge is 0.780 e. The van der Waals surface area contributed by atoms with Crippen molar-refractivity contribution >= 4 is 35.6 Å². The van der Waals surface area contributed by atoms with Crippen LogP contribution >= 0.6 is 11.3 Å². The molecule has 3 aromatic carbocycles. The van der Waals surface area contributed by atoms with Crippen LogP contribution in [-0.4, -0.2) is 21.5 Å². The lowest BCUT2D eigenvalue weighted by atomic mass is 9.78. The molecule has 164 valence electrons. The number of thiophene rings is 1. The highest BCUT2D eigenvalue weighted by atomic mass is 32.1. The van der Waals surface area contributed by atoms with Crippen LogP contribution < -0.4 is 9.31 Å².